The zero-order chi connectivity index (χ0) is 38.4. The lowest BCUT2D eigenvalue weighted by atomic mass is 9.87. The minimum atomic E-state index is -2.91. The molecule has 2 N–H and O–H groups in total. The molecule has 5 heterocycles. The van der Waals surface area contributed by atoms with Gasteiger partial charge in [0.15, 0.2) is 5.82 Å². The van der Waals surface area contributed by atoms with Gasteiger partial charge in [-0.25, -0.2) is 13.2 Å². The number of aryl methyl sites for hydroxylation is 2. The number of piperidine rings is 2. The van der Waals surface area contributed by atoms with Crippen molar-refractivity contribution in [1.29, 1.82) is 0 Å². The third kappa shape index (κ3) is 7.16. The molecule has 0 saturated carbocycles. The Bertz CT molecular complexity index is 2440. The van der Waals surface area contributed by atoms with Gasteiger partial charge >= 0.3 is 0 Å². The van der Waals surface area contributed by atoms with E-state index in [1.165, 1.54) is 23.3 Å². The van der Waals surface area contributed by atoms with E-state index in [9.17, 15) is 22.8 Å². The Hall–Kier alpha value is -5.69. The number of likely N-dealkylation sites (tertiary alicyclic amines) is 1. The molecule has 2 saturated heterocycles. The number of pyridine rings is 1. The lowest BCUT2D eigenvalue weighted by Crippen LogP contribution is -2.39. The molecule has 0 bridgehead atoms. The van der Waals surface area contributed by atoms with Crippen LogP contribution in [0.15, 0.2) is 72.9 Å². The summed E-state index contributed by atoms with van der Waals surface area (Å²) in [4.78, 5) is 31.5. The van der Waals surface area contributed by atoms with Crippen LogP contribution in [0, 0.1) is 12.7 Å². The predicted octanol–water partition coefficient (Wildman–Crippen LogP) is 8.04. The van der Waals surface area contributed by atoms with Gasteiger partial charge in [0.05, 0.1) is 40.1 Å². The van der Waals surface area contributed by atoms with Crippen molar-refractivity contribution in [1.82, 2.24) is 35.2 Å². The fraction of sp³-hybridized carbons (Fsp3) is 0.333. The Labute approximate surface area is 316 Å². The highest BCUT2D eigenvalue weighted by Gasteiger charge is 2.32. The summed E-state index contributed by atoms with van der Waals surface area (Å²) in [6, 6.07) is 20.1. The number of amides is 2. The molecule has 3 aromatic heterocycles. The zero-order valence-electron chi connectivity index (χ0n) is 30.8. The minimum Gasteiger partial charge on any atom is -0.361 e. The van der Waals surface area contributed by atoms with Crippen molar-refractivity contribution in [3.63, 3.8) is 0 Å². The number of rotatable bonds is 9. The van der Waals surface area contributed by atoms with Gasteiger partial charge in [0, 0.05) is 53.5 Å². The number of hydrogen-bond donors (Lipinski definition) is 2. The number of nitrogens with zero attached hydrogens (tertiary/aromatic N) is 6. The molecular formula is C42H41F3N8O2. The molecule has 2 aliphatic heterocycles. The van der Waals surface area contributed by atoms with Crippen molar-refractivity contribution < 1.29 is 22.8 Å². The predicted molar refractivity (Wildman–Crippen MR) is 204 cm³/mol. The number of nitrogens with one attached hydrogen (secondary N) is 2. The Balaban J connectivity index is 0.955. The number of carbonyl (C=O) groups excluding carboxylic acids is 2. The number of aromatic nitrogens is 5. The Kier molecular flexibility index (Phi) is 9.80. The molecule has 282 valence electrons. The van der Waals surface area contributed by atoms with Gasteiger partial charge < -0.3 is 5.32 Å². The van der Waals surface area contributed by atoms with Crippen molar-refractivity contribution >= 4 is 39.3 Å². The molecule has 0 radical (unpaired) electrons. The van der Waals surface area contributed by atoms with Crippen LogP contribution in [-0.2, 0) is 23.2 Å². The molecule has 55 heavy (non-hydrogen) atoms. The summed E-state index contributed by atoms with van der Waals surface area (Å²) in [5, 5.41) is 21.5. The van der Waals surface area contributed by atoms with Crippen LogP contribution in [0.4, 0.5) is 19.0 Å². The first-order valence-electron chi connectivity index (χ1n) is 18.6. The summed E-state index contributed by atoms with van der Waals surface area (Å²) < 4.78 is 43.6. The second-order valence-corrected chi connectivity index (χ2v) is 14.7. The number of fused-ring (bicyclic) bond motifs is 2. The van der Waals surface area contributed by atoms with Crippen LogP contribution >= 0.6 is 0 Å². The maximum Gasteiger partial charge on any atom is 0.266 e. The van der Waals surface area contributed by atoms with Gasteiger partial charge in [0.2, 0.25) is 11.8 Å². The summed E-state index contributed by atoms with van der Waals surface area (Å²) in [6.45, 7) is 6.23. The van der Waals surface area contributed by atoms with Gasteiger partial charge in [-0.3, -0.25) is 29.5 Å². The number of halogens is 3. The van der Waals surface area contributed by atoms with Gasteiger partial charge in [-0.2, -0.15) is 10.2 Å². The summed E-state index contributed by atoms with van der Waals surface area (Å²) in [6.07, 6.45) is 1.67. The lowest BCUT2D eigenvalue weighted by molar-refractivity contribution is -0.134. The van der Waals surface area contributed by atoms with E-state index in [1.54, 1.807) is 13.1 Å². The van der Waals surface area contributed by atoms with E-state index in [0.29, 0.717) is 30.3 Å². The quantitative estimate of drug-likeness (QED) is 0.143. The first-order chi connectivity index (χ1) is 26.5. The van der Waals surface area contributed by atoms with Crippen LogP contribution < -0.4 is 10.6 Å². The molecule has 2 aliphatic rings. The van der Waals surface area contributed by atoms with Crippen LogP contribution in [-0.4, -0.2) is 54.8 Å². The SMILES string of the molecule is Cc1nnc(NC(C)c2cccc(C(F)F)c2F)c2cc(-c3cccc(CN4CCC(c5ccc6c(C7CCC(=O)NC7=O)nn(C)c6c5)CC4)c3)ncc12. The van der Waals surface area contributed by atoms with Crippen molar-refractivity contribution in [2.75, 3.05) is 18.4 Å². The first kappa shape index (κ1) is 36.3. The van der Waals surface area contributed by atoms with Crippen LogP contribution in [0.25, 0.3) is 32.9 Å². The van der Waals surface area contributed by atoms with Gasteiger partial charge in [0.25, 0.3) is 6.43 Å². The summed E-state index contributed by atoms with van der Waals surface area (Å²) in [5.41, 5.74) is 6.02. The molecule has 8 rings (SSSR count). The fourth-order valence-corrected chi connectivity index (χ4v) is 8.07. The molecule has 6 aromatic rings. The van der Waals surface area contributed by atoms with E-state index < -0.39 is 29.8 Å². The van der Waals surface area contributed by atoms with Crippen LogP contribution in [0.3, 0.4) is 0 Å². The maximum atomic E-state index is 15.0. The summed E-state index contributed by atoms with van der Waals surface area (Å²) in [7, 11) is 1.90. The molecule has 2 unspecified atom stereocenters. The van der Waals surface area contributed by atoms with Crippen LogP contribution in [0.2, 0.25) is 0 Å². The Morgan fingerprint density at radius 3 is 2.49 bits per heavy atom. The Morgan fingerprint density at radius 2 is 1.71 bits per heavy atom. The van der Waals surface area contributed by atoms with Crippen LogP contribution in [0.1, 0.15) is 90.6 Å². The van der Waals surface area contributed by atoms with Gasteiger partial charge in [-0.15, -0.1) is 5.10 Å². The minimum absolute atomic E-state index is 0.120. The van der Waals surface area contributed by atoms with E-state index in [-0.39, 0.29) is 17.4 Å². The zero-order valence-corrected chi connectivity index (χ0v) is 30.8. The third-order valence-corrected chi connectivity index (χ3v) is 11.1. The molecule has 0 spiro atoms. The topological polar surface area (TPSA) is 118 Å². The third-order valence-electron chi connectivity index (χ3n) is 11.1. The van der Waals surface area contributed by atoms with E-state index >= 15 is 0 Å². The monoisotopic (exact) mass is 746 g/mol. The second kappa shape index (κ2) is 14.9. The molecule has 3 aromatic carbocycles. The average Bonchev–Trinajstić information content (AvgIpc) is 3.51. The van der Waals surface area contributed by atoms with Crippen molar-refractivity contribution in [3.8, 4) is 11.3 Å². The molecule has 13 heteroatoms. The van der Waals surface area contributed by atoms with Crippen molar-refractivity contribution in [2.45, 2.75) is 70.4 Å². The van der Waals surface area contributed by atoms with Gasteiger partial charge in [0.1, 0.15) is 5.82 Å². The molecule has 2 fully saturated rings. The van der Waals surface area contributed by atoms with Crippen LogP contribution in [0.5, 0.6) is 0 Å². The van der Waals surface area contributed by atoms with Gasteiger partial charge in [-0.05, 0) is 81.4 Å². The van der Waals surface area contributed by atoms with E-state index in [0.717, 1.165) is 77.2 Å². The lowest BCUT2D eigenvalue weighted by Gasteiger charge is -2.32. The van der Waals surface area contributed by atoms with E-state index in [2.05, 4.69) is 56.1 Å². The largest absolute Gasteiger partial charge is 0.361 e. The second-order valence-electron chi connectivity index (χ2n) is 14.7. The smallest absolute Gasteiger partial charge is 0.266 e. The number of hydrogen-bond acceptors (Lipinski definition) is 8. The molecule has 10 nitrogen and oxygen atoms in total. The highest BCUT2D eigenvalue weighted by atomic mass is 19.3. The van der Waals surface area contributed by atoms with E-state index in [1.807, 2.05) is 36.9 Å². The normalized spacial score (nSPS) is 17.6. The Morgan fingerprint density at radius 1 is 0.927 bits per heavy atom. The molecule has 2 atom stereocenters. The number of alkyl halides is 2. The summed E-state index contributed by atoms with van der Waals surface area (Å²) >= 11 is 0. The highest BCUT2D eigenvalue weighted by molar-refractivity contribution is 6.02. The van der Waals surface area contributed by atoms with Crippen molar-refractivity contribution in [3.05, 3.63) is 112 Å². The summed E-state index contributed by atoms with van der Waals surface area (Å²) in [5.74, 6) is -1.04. The first-order valence-corrected chi connectivity index (χ1v) is 18.6. The van der Waals surface area contributed by atoms with Gasteiger partial charge in [-0.1, -0.05) is 48.5 Å². The number of benzene rings is 3. The molecule has 0 aliphatic carbocycles. The average molecular weight is 747 g/mol. The highest BCUT2D eigenvalue weighted by Crippen LogP contribution is 2.36. The van der Waals surface area contributed by atoms with E-state index in [4.69, 9.17) is 10.1 Å². The molecule has 2 amide bonds. The molecular weight excluding hydrogens is 706 g/mol. The number of carbonyl (C=O) groups is 2. The fourth-order valence-electron chi connectivity index (χ4n) is 8.07. The standard InChI is InChI=1S/C42H41F3N8O2/c1-23(29-8-5-9-31(38(29)43)40(44)45)47-41-33-20-35(46-21-34(33)24(2)49-50-41)28-7-4-6-25(18-28)22-53-16-14-26(15-17-53)27-10-11-30-36(19-27)52(3)51-39(30)32-12-13-37(54)48-42(32)55/h4-11,18-21,23,26,32,40H,12-17,22H2,1-3H3,(H,47,50)(H,48,54,55). The number of imide groups is 1. The number of anilines is 1. The van der Waals surface area contributed by atoms with Crippen molar-refractivity contribution in [2.24, 2.45) is 7.05 Å². The maximum absolute atomic E-state index is 15.0.